The fourth-order valence-electron chi connectivity index (χ4n) is 5.59. The minimum Gasteiger partial charge on any atom is -0.466 e. The van der Waals surface area contributed by atoms with Crippen LogP contribution in [-0.2, 0) is 45.5 Å². The molecule has 0 bridgehead atoms. The normalized spacial score (nSPS) is 15.1. The van der Waals surface area contributed by atoms with Crippen LogP contribution in [0.1, 0.15) is 126 Å². The molecule has 5 N–H and O–H groups in total. The maximum atomic E-state index is 12.6. The summed E-state index contributed by atoms with van der Waals surface area (Å²) in [6.07, 6.45) is 31.6. The lowest BCUT2D eigenvalue weighted by molar-refractivity contribution is -0.161. The highest BCUT2D eigenvalue weighted by Gasteiger charge is 2.26. The molecule has 1 aromatic heterocycles. The van der Waals surface area contributed by atoms with Crippen LogP contribution in [0, 0.1) is 13.8 Å². The second-order valence-corrected chi connectivity index (χ2v) is 15.6. The van der Waals surface area contributed by atoms with Crippen LogP contribution in [-0.4, -0.2) is 71.7 Å². The van der Waals surface area contributed by atoms with Crippen LogP contribution in [0.15, 0.2) is 77.3 Å². The largest absolute Gasteiger partial charge is 0.472 e. The number of aliphatic hydroxyl groups is 2. The Labute approximate surface area is 347 Å². The Kier molecular flexibility index (Phi) is 30.4. The van der Waals surface area contributed by atoms with E-state index in [-0.39, 0.29) is 32.6 Å². The molecule has 0 aliphatic carbocycles. The van der Waals surface area contributed by atoms with Crippen molar-refractivity contribution in [3.8, 4) is 0 Å². The third-order valence-corrected chi connectivity index (χ3v) is 9.94. The molecule has 0 saturated carbocycles. The van der Waals surface area contributed by atoms with Crippen molar-refractivity contribution in [2.75, 3.05) is 26.4 Å². The van der Waals surface area contributed by atoms with E-state index in [0.717, 1.165) is 69.3 Å². The number of carbonyl (C=O) groups excluding carboxylic acids is 2. The second kappa shape index (κ2) is 33.5. The number of phosphoric acid groups is 1. The minimum atomic E-state index is -4.44. The first-order chi connectivity index (χ1) is 27.9. The van der Waals surface area contributed by atoms with Crippen molar-refractivity contribution in [3.05, 3.63) is 95.6 Å². The molecule has 0 aliphatic heterocycles. The quantitative estimate of drug-likeness (QED) is 0.0170. The van der Waals surface area contributed by atoms with E-state index in [9.17, 15) is 29.3 Å². The van der Waals surface area contributed by atoms with Crippen LogP contribution in [0.25, 0.3) is 0 Å². The molecule has 0 aromatic carbocycles. The third kappa shape index (κ3) is 27.4. The van der Waals surface area contributed by atoms with Gasteiger partial charge in [0, 0.05) is 32.2 Å². The topological polar surface area (TPSA) is 188 Å². The van der Waals surface area contributed by atoms with Crippen molar-refractivity contribution in [1.29, 1.82) is 0 Å². The minimum absolute atomic E-state index is 0.0124. The van der Waals surface area contributed by atoms with Crippen molar-refractivity contribution in [2.45, 2.75) is 149 Å². The van der Waals surface area contributed by atoms with Gasteiger partial charge in [-0.2, -0.15) is 0 Å². The number of allylic oxidation sites excluding steroid dienone is 8. The van der Waals surface area contributed by atoms with Crippen molar-refractivity contribution < 1.29 is 52.2 Å². The molecule has 58 heavy (non-hydrogen) atoms. The summed E-state index contributed by atoms with van der Waals surface area (Å²) in [5.74, 6) is 1.17. The Morgan fingerprint density at radius 3 is 1.98 bits per heavy atom. The Balaban J connectivity index is 2.39. The van der Waals surface area contributed by atoms with Gasteiger partial charge in [-0.25, -0.2) is 4.57 Å². The Morgan fingerprint density at radius 2 is 1.34 bits per heavy atom. The van der Waals surface area contributed by atoms with E-state index in [1.165, 1.54) is 11.1 Å². The summed E-state index contributed by atoms with van der Waals surface area (Å²) in [6, 6.07) is 0. The van der Waals surface area contributed by atoms with Gasteiger partial charge in [0.15, 0.2) is 6.10 Å². The average molecular weight is 834 g/mol. The maximum absolute atomic E-state index is 12.6. The van der Waals surface area contributed by atoms with Gasteiger partial charge in [-0.15, -0.1) is 0 Å². The van der Waals surface area contributed by atoms with E-state index in [2.05, 4.69) is 20.8 Å². The van der Waals surface area contributed by atoms with Gasteiger partial charge in [-0.3, -0.25) is 18.6 Å². The molecule has 1 rings (SSSR count). The van der Waals surface area contributed by atoms with E-state index in [1.807, 2.05) is 43.4 Å². The average Bonchev–Trinajstić information content (AvgIpc) is 3.46. The Hall–Kier alpha value is -3.35. The van der Waals surface area contributed by atoms with Crippen molar-refractivity contribution in [1.82, 2.24) is 0 Å². The molecule has 0 amide bonds. The second-order valence-electron chi connectivity index (χ2n) is 14.1. The predicted octanol–water partition coefficient (Wildman–Crippen LogP) is 9.09. The van der Waals surface area contributed by atoms with Gasteiger partial charge in [0.2, 0.25) is 0 Å². The summed E-state index contributed by atoms with van der Waals surface area (Å²) >= 11 is 0. The first-order valence-electron chi connectivity index (χ1n) is 21.0. The highest BCUT2D eigenvalue weighted by Crippen LogP contribution is 2.43. The van der Waals surface area contributed by atoms with Gasteiger partial charge >= 0.3 is 19.8 Å². The zero-order valence-corrected chi connectivity index (χ0v) is 36.3. The van der Waals surface area contributed by atoms with Gasteiger partial charge in [0.25, 0.3) is 0 Å². The Bertz CT molecular complexity index is 1490. The summed E-state index contributed by atoms with van der Waals surface area (Å²) in [5, 5.41) is 20.0. The molecule has 1 heterocycles. The number of ether oxygens (including phenoxy) is 2. The zero-order chi connectivity index (χ0) is 42.9. The summed E-state index contributed by atoms with van der Waals surface area (Å²) in [6.45, 7) is 7.44. The molecule has 0 spiro atoms. The van der Waals surface area contributed by atoms with Gasteiger partial charge in [-0.1, -0.05) is 112 Å². The molecule has 0 saturated heterocycles. The molecule has 4 atom stereocenters. The molecular weight excluding hydrogens is 761 g/mol. The molecule has 12 nitrogen and oxygen atoms in total. The van der Waals surface area contributed by atoms with E-state index >= 15 is 0 Å². The first kappa shape index (κ1) is 52.7. The van der Waals surface area contributed by atoms with Crippen molar-refractivity contribution >= 4 is 19.8 Å². The van der Waals surface area contributed by atoms with Crippen LogP contribution < -0.4 is 5.73 Å². The predicted molar refractivity (Wildman–Crippen MR) is 230 cm³/mol. The zero-order valence-electron chi connectivity index (χ0n) is 35.4. The number of aliphatic hydroxyl groups excluding tert-OH is 2. The highest BCUT2D eigenvalue weighted by atomic mass is 31.2. The molecule has 1 unspecified atom stereocenters. The number of hydrogen-bond donors (Lipinski definition) is 4. The van der Waals surface area contributed by atoms with Crippen molar-refractivity contribution in [2.24, 2.45) is 5.73 Å². The van der Waals surface area contributed by atoms with Gasteiger partial charge in [0.05, 0.1) is 25.4 Å². The standard InChI is InChI=1S/C45H72NO11P/c1-5-7-18-26-39(47)28-20-16-17-21-29-40(48)27-19-12-8-10-15-24-32-45(50)56-41(36-55-58(51,52)54-34-33-46)35-53-44(49)31-23-14-11-9-13-22-30-43-38(4)37(3)42(57-43)25-6-2/h7,10,12,15-21,28-29,39-41,47-48H,5-6,8-9,11,13-14,22-27,30-36,46H2,1-4H3,(H,51,52)/b15-10-,17-16-,18-7-,19-12-,28-20+,29-21+/t39-,40+,41+/m0/s1. The summed E-state index contributed by atoms with van der Waals surface area (Å²) in [7, 11) is -4.44. The van der Waals surface area contributed by atoms with E-state index in [1.54, 1.807) is 36.5 Å². The van der Waals surface area contributed by atoms with Crippen molar-refractivity contribution in [3.63, 3.8) is 0 Å². The number of aryl methyl sites for hydroxylation is 2. The number of hydrogen-bond acceptors (Lipinski definition) is 11. The molecule has 13 heteroatoms. The smallest absolute Gasteiger partial charge is 0.466 e. The SMILES string of the molecule is CC/C=C\C[C@H](O)/C=C/C=C\C=C\[C@H](O)C/C=C\C/C=C\CCC(=O)O[C@H](COC(=O)CCCCCCCCc1oc(CCC)c(C)c1C)COP(=O)(O)OCCN. The van der Waals surface area contributed by atoms with Gasteiger partial charge in [-0.05, 0) is 76.3 Å². The monoisotopic (exact) mass is 833 g/mol. The fraction of sp³-hybridized carbons (Fsp3) is 0.600. The lowest BCUT2D eigenvalue weighted by Gasteiger charge is -2.19. The fourth-order valence-corrected chi connectivity index (χ4v) is 6.35. The summed E-state index contributed by atoms with van der Waals surface area (Å²) in [5.41, 5.74) is 7.88. The van der Waals surface area contributed by atoms with Crippen LogP contribution in [0.4, 0.5) is 0 Å². The molecule has 0 fully saturated rings. The molecule has 0 aliphatic rings. The number of esters is 2. The number of furan rings is 1. The lowest BCUT2D eigenvalue weighted by atomic mass is 10.0. The van der Waals surface area contributed by atoms with E-state index < -0.39 is 44.7 Å². The third-order valence-electron chi connectivity index (χ3n) is 8.96. The van der Waals surface area contributed by atoms with Crippen LogP contribution in [0.2, 0.25) is 0 Å². The number of phosphoric ester groups is 1. The maximum Gasteiger partial charge on any atom is 0.472 e. The van der Waals surface area contributed by atoms with E-state index in [4.69, 9.17) is 28.7 Å². The number of carbonyl (C=O) groups is 2. The Morgan fingerprint density at radius 1 is 0.741 bits per heavy atom. The summed E-state index contributed by atoms with van der Waals surface area (Å²) in [4.78, 5) is 34.9. The molecule has 1 aromatic rings. The molecular formula is C45H72NO11P. The number of rotatable bonds is 34. The van der Waals surface area contributed by atoms with Crippen LogP contribution in [0.3, 0.4) is 0 Å². The first-order valence-corrected chi connectivity index (χ1v) is 22.5. The highest BCUT2D eigenvalue weighted by molar-refractivity contribution is 7.47. The lowest BCUT2D eigenvalue weighted by Crippen LogP contribution is -2.29. The van der Waals surface area contributed by atoms with Gasteiger partial charge in [0.1, 0.15) is 18.1 Å². The number of unbranched alkanes of at least 4 members (excludes halogenated alkanes) is 5. The van der Waals surface area contributed by atoms with E-state index in [0.29, 0.717) is 32.1 Å². The number of nitrogens with two attached hydrogens (primary N) is 1. The molecule has 0 radical (unpaired) electrons. The van der Waals surface area contributed by atoms with Crippen LogP contribution >= 0.6 is 7.82 Å². The van der Waals surface area contributed by atoms with Gasteiger partial charge < -0.3 is 34.7 Å². The van der Waals surface area contributed by atoms with Crippen LogP contribution in [0.5, 0.6) is 0 Å². The molecule has 328 valence electrons. The summed E-state index contributed by atoms with van der Waals surface area (Å²) < 4.78 is 38.7.